The Kier molecular flexibility index (Phi) is 2.48. The standard InChI is InChI=1S/C11H14N2O/c1-9(14)13-7-3-5-11(13)10-4-2-6-12-8-10/h2,4,6,8,11H,3,5,7H2,1H3/t11-/m0/s1. The van der Waals surface area contributed by atoms with E-state index in [2.05, 4.69) is 4.98 Å². The minimum atomic E-state index is 0.163. The van der Waals surface area contributed by atoms with Gasteiger partial charge in [-0.15, -0.1) is 0 Å². The van der Waals surface area contributed by atoms with Crippen molar-refractivity contribution in [2.75, 3.05) is 6.54 Å². The first-order valence-electron chi connectivity index (χ1n) is 4.96. The van der Waals surface area contributed by atoms with Gasteiger partial charge < -0.3 is 4.90 Å². The highest BCUT2D eigenvalue weighted by Gasteiger charge is 2.27. The second kappa shape index (κ2) is 3.78. The average Bonchev–Trinajstić information content (AvgIpc) is 2.67. The SMILES string of the molecule is CC(=O)N1CCC[C@H]1c1cccnc1. The van der Waals surface area contributed by atoms with Crippen molar-refractivity contribution in [3.63, 3.8) is 0 Å². The van der Waals surface area contributed by atoms with E-state index in [9.17, 15) is 4.79 Å². The van der Waals surface area contributed by atoms with E-state index in [0.717, 1.165) is 24.9 Å². The molecule has 74 valence electrons. The molecule has 0 saturated carbocycles. The fourth-order valence-corrected chi connectivity index (χ4v) is 2.06. The summed E-state index contributed by atoms with van der Waals surface area (Å²) in [6, 6.07) is 4.21. The minimum absolute atomic E-state index is 0.163. The van der Waals surface area contributed by atoms with Crippen molar-refractivity contribution in [1.82, 2.24) is 9.88 Å². The third-order valence-electron chi connectivity index (χ3n) is 2.73. The first-order chi connectivity index (χ1) is 6.79. The number of hydrogen-bond acceptors (Lipinski definition) is 2. The van der Waals surface area contributed by atoms with Crippen LogP contribution < -0.4 is 0 Å². The fourth-order valence-electron chi connectivity index (χ4n) is 2.06. The Morgan fingerprint density at radius 2 is 2.50 bits per heavy atom. The molecule has 0 spiro atoms. The van der Waals surface area contributed by atoms with E-state index in [4.69, 9.17) is 0 Å². The zero-order chi connectivity index (χ0) is 9.97. The van der Waals surface area contributed by atoms with Crippen LogP contribution in [-0.4, -0.2) is 22.3 Å². The van der Waals surface area contributed by atoms with Gasteiger partial charge in [-0.1, -0.05) is 6.07 Å². The van der Waals surface area contributed by atoms with E-state index < -0.39 is 0 Å². The number of pyridine rings is 1. The largest absolute Gasteiger partial charge is 0.336 e. The first-order valence-corrected chi connectivity index (χ1v) is 4.96. The number of aromatic nitrogens is 1. The first kappa shape index (κ1) is 9.19. The summed E-state index contributed by atoms with van der Waals surface area (Å²) < 4.78 is 0. The fraction of sp³-hybridized carbons (Fsp3) is 0.455. The van der Waals surface area contributed by atoms with Gasteiger partial charge in [0, 0.05) is 25.9 Å². The second-order valence-corrected chi connectivity index (χ2v) is 3.66. The maximum atomic E-state index is 11.3. The lowest BCUT2D eigenvalue weighted by molar-refractivity contribution is -0.129. The van der Waals surface area contributed by atoms with E-state index in [0.29, 0.717) is 0 Å². The van der Waals surface area contributed by atoms with Gasteiger partial charge in [0.1, 0.15) is 0 Å². The highest BCUT2D eigenvalue weighted by molar-refractivity contribution is 5.74. The lowest BCUT2D eigenvalue weighted by Gasteiger charge is -2.23. The van der Waals surface area contributed by atoms with Crippen molar-refractivity contribution >= 4 is 5.91 Å². The Hall–Kier alpha value is -1.38. The maximum absolute atomic E-state index is 11.3. The molecule has 3 heteroatoms. The van der Waals surface area contributed by atoms with Gasteiger partial charge in [0.05, 0.1) is 6.04 Å². The Labute approximate surface area is 83.8 Å². The lowest BCUT2D eigenvalue weighted by Crippen LogP contribution is -2.28. The third kappa shape index (κ3) is 1.62. The highest BCUT2D eigenvalue weighted by atomic mass is 16.2. The lowest BCUT2D eigenvalue weighted by atomic mass is 10.1. The van der Waals surface area contributed by atoms with Gasteiger partial charge >= 0.3 is 0 Å². The zero-order valence-electron chi connectivity index (χ0n) is 8.31. The topological polar surface area (TPSA) is 33.2 Å². The van der Waals surface area contributed by atoms with E-state index >= 15 is 0 Å². The summed E-state index contributed by atoms with van der Waals surface area (Å²) in [6.07, 6.45) is 5.77. The molecule has 0 aliphatic carbocycles. The number of likely N-dealkylation sites (tertiary alicyclic amines) is 1. The van der Waals surface area contributed by atoms with Crippen LogP contribution in [0.25, 0.3) is 0 Å². The molecule has 1 aliphatic rings. The average molecular weight is 190 g/mol. The van der Waals surface area contributed by atoms with E-state index in [1.54, 1.807) is 13.1 Å². The van der Waals surface area contributed by atoms with Crippen molar-refractivity contribution in [3.05, 3.63) is 30.1 Å². The monoisotopic (exact) mass is 190 g/mol. The predicted molar refractivity (Wildman–Crippen MR) is 53.6 cm³/mol. The molecule has 1 aromatic rings. The van der Waals surface area contributed by atoms with Crippen LogP contribution in [0.3, 0.4) is 0 Å². The van der Waals surface area contributed by atoms with Crippen LogP contribution in [0.4, 0.5) is 0 Å². The number of carbonyl (C=O) groups excluding carboxylic acids is 1. The summed E-state index contributed by atoms with van der Waals surface area (Å²) in [5.74, 6) is 0.163. The maximum Gasteiger partial charge on any atom is 0.219 e. The number of rotatable bonds is 1. The third-order valence-corrected chi connectivity index (χ3v) is 2.73. The molecule has 0 N–H and O–H groups in total. The Morgan fingerprint density at radius 1 is 1.64 bits per heavy atom. The molecule has 1 atom stereocenters. The normalized spacial score (nSPS) is 21.2. The summed E-state index contributed by atoms with van der Waals surface area (Å²) >= 11 is 0. The molecule has 0 bridgehead atoms. The van der Waals surface area contributed by atoms with Gasteiger partial charge in [-0.2, -0.15) is 0 Å². The van der Waals surface area contributed by atoms with Gasteiger partial charge in [0.2, 0.25) is 5.91 Å². The Balaban J connectivity index is 2.22. The Bertz CT molecular complexity index is 323. The summed E-state index contributed by atoms with van der Waals surface area (Å²) in [7, 11) is 0. The molecule has 2 heterocycles. The molecular formula is C11H14N2O. The van der Waals surface area contributed by atoms with Crippen LogP contribution in [0.5, 0.6) is 0 Å². The molecule has 2 rings (SSSR count). The summed E-state index contributed by atoms with van der Waals surface area (Å²) in [5, 5.41) is 0. The molecule has 1 fully saturated rings. The van der Waals surface area contributed by atoms with E-state index in [1.165, 1.54) is 0 Å². The van der Waals surface area contributed by atoms with Crippen LogP contribution in [-0.2, 0) is 4.79 Å². The van der Waals surface area contributed by atoms with Crippen molar-refractivity contribution in [3.8, 4) is 0 Å². The smallest absolute Gasteiger partial charge is 0.219 e. The van der Waals surface area contributed by atoms with Crippen molar-refractivity contribution in [2.24, 2.45) is 0 Å². The molecule has 14 heavy (non-hydrogen) atoms. The summed E-state index contributed by atoms with van der Waals surface area (Å²) in [6.45, 7) is 2.52. The van der Waals surface area contributed by atoms with Crippen molar-refractivity contribution < 1.29 is 4.79 Å². The minimum Gasteiger partial charge on any atom is -0.336 e. The van der Waals surface area contributed by atoms with Gasteiger partial charge in [-0.3, -0.25) is 9.78 Å². The highest BCUT2D eigenvalue weighted by Crippen LogP contribution is 2.30. The van der Waals surface area contributed by atoms with Crippen LogP contribution in [0.1, 0.15) is 31.4 Å². The molecule has 0 aromatic carbocycles. The molecule has 1 aromatic heterocycles. The molecule has 1 amide bonds. The van der Waals surface area contributed by atoms with Crippen LogP contribution in [0, 0.1) is 0 Å². The second-order valence-electron chi connectivity index (χ2n) is 3.66. The van der Waals surface area contributed by atoms with Crippen molar-refractivity contribution in [1.29, 1.82) is 0 Å². The van der Waals surface area contributed by atoms with Crippen LogP contribution in [0.2, 0.25) is 0 Å². The Morgan fingerprint density at radius 3 is 3.14 bits per heavy atom. The molecule has 3 nitrogen and oxygen atoms in total. The van der Waals surface area contributed by atoms with Crippen molar-refractivity contribution in [2.45, 2.75) is 25.8 Å². The molecular weight excluding hydrogens is 176 g/mol. The summed E-state index contributed by atoms with van der Waals surface area (Å²) in [5.41, 5.74) is 1.15. The molecule has 0 unspecified atom stereocenters. The quantitative estimate of drug-likeness (QED) is 0.676. The van der Waals surface area contributed by atoms with E-state index in [-0.39, 0.29) is 11.9 Å². The number of carbonyl (C=O) groups is 1. The van der Waals surface area contributed by atoms with Gasteiger partial charge in [-0.05, 0) is 24.5 Å². The van der Waals surface area contributed by atoms with Gasteiger partial charge in [-0.25, -0.2) is 0 Å². The predicted octanol–water partition coefficient (Wildman–Crippen LogP) is 1.77. The van der Waals surface area contributed by atoms with Crippen LogP contribution in [0.15, 0.2) is 24.5 Å². The molecule has 1 saturated heterocycles. The molecule has 1 aliphatic heterocycles. The summed E-state index contributed by atoms with van der Waals surface area (Å²) in [4.78, 5) is 17.3. The van der Waals surface area contributed by atoms with Gasteiger partial charge in [0.15, 0.2) is 0 Å². The van der Waals surface area contributed by atoms with Gasteiger partial charge in [0.25, 0.3) is 0 Å². The molecule has 0 radical (unpaired) electrons. The number of nitrogens with zero attached hydrogens (tertiary/aromatic N) is 2. The zero-order valence-corrected chi connectivity index (χ0v) is 8.31. The van der Waals surface area contributed by atoms with E-state index in [1.807, 2.05) is 23.2 Å². The number of hydrogen-bond donors (Lipinski definition) is 0. The van der Waals surface area contributed by atoms with Crippen LogP contribution >= 0.6 is 0 Å². The number of amides is 1.